The summed E-state index contributed by atoms with van der Waals surface area (Å²) in [4.78, 5) is 0. The van der Waals surface area contributed by atoms with Crippen LogP contribution in [0.4, 0.5) is 4.39 Å². The molecule has 2 nitrogen and oxygen atoms in total. The molecule has 0 amide bonds. The van der Waals surface area contributed by atoms with Crippen LogP contribution in [0.3, 0.4) is 0 Å². The van der Waals surface area contributed by atoms with E-state index in [0.717, 1.165) is 33.2 Å². The third-order valence-corrected chi connectivity index (χ3v) is 3.65. The first-order valence-electron chi connectivity index (χ1n) is 6.78. The lowest BCUT2D eigenvalue weighted by molar-refractivity contribution is 0.415. The number of hydrogen-bond donors (Lipinski definition) is 1. The van der Waals surface area contributed by atoms with Crippen LogP contribution in [0.15, 0.2) is 54.6 Å². The van der Waals surface area contributed by atoms with Crippen molar-refractivity contribution in [3.8, 4) is 16.9 Å². The van der Waals surface area contributed by atoms with Gasteiger partial charge in [0.2, 0.25) is 0 Å². The van der Waals surface area contributed by atoms with Crippen LogP contribution in [0, 0.1) is 5.82 Å². The molecule has 0 aliphatic heterocycles. The van der Waals surface area contributed by atoms with Gasteiger partial charge in [-0.15, -0.1) is 0 Å². The molecular weight excluding hydrogens is 265 g/mol. The highest BCUT2D eigenvalue weighted by Crippen LogP contribution is 2.29. The van der Waals surface area contributed by atoms with Crippen LogP contribution in [-0.4, -0.2) is 7.11 Å². The van der Waals surface area contributed by atoms with Crippen molar-refractivity contribution in [2.75, 3.05) is 7.11 Å². The van der Waals surface area contributed by atoms with Crippen LogP contribution in [-0.2, 0) is 6.54 Å². The predicted octanol–water partition coefficient (Wildman–Crippen LogP) is 4.11. The number of rotatable bonds is 3. The van der Waals surface area contributed by atoms with E-state index in [4.69, 9.17) is 10.5 Å². The summed E-state index contributed by atoms with van der Waals surface area (Å²) in [7, 11) is 1.65. The lowest BCUT2D eigenvalue weighted by Gasteiger charge is -2.10. The molecule has 0 atom stereocenters. The highest BCUT2D eigenvalue weighted by atomic mass is 19.1. The van der Waals surface area contributed by atoms with E-state index in [1.807, 2.05) is 30.3 Å². The Bertz CT molecular complexity index is 798. The number of ether oxygens (including phenoxy) is 1. The Morgan fingerprint density at radius 2 is 1.71 bits per heavy atom. The maximum Gasteiger partial charge on any atom is 0.123 e. The van der Waals surface area contributed by atoms with Crippen LogP contribution >= 0.6 is 0 Å². The smallest absolute Gasteiger partial charge is 0.123 e. The summed E-state index contributed by atoms with van der Waals surface area (Å²) >= 11 is 0. The molecule has 0 heterocycles. The van der Waals surface area contributed by atoms with Crippen molar-refractivity contribution >= 4 is 10.8 Å². The number of benzene rings is 3. The molecule has 0 aliphatic rings. The van der Waals surface area contributed by atoms with E-state index in [1.54, 1.807) is 13.2 Å². The zero-order chi connectivity index (χ0) is 14.8. The van der Waals surface area contributed by atoms with Crippen LogP contribution in [0.1, 0.15) is 5.56 Å². The molecule has 0 saturated carbocycles. The third-order valence-electron chi connectivity index (χ3n) is 3.65. The number of fused-ring (bicyclic) bond motifs is 1. The highest BCUT2D eigenvalue weighted by Gasteiger charge is 2.07. The molecule has 3 aromatic rings. The SMILES string of the molecule is COc1ccc2cc(-c3ccc(F)cc3CN)ccc2c1. The van der Waals surface area contributed by atoms with Gasteiger partial charge in [0.05, 0.1) is 7.11 Å². The number of hydrogen-bond acceptors (Lipinski definition) is 2. The van der Waals surface area contributed by atoms with Gasteiger partial charge in [-0.2, -0.15) is 0 Å². The summed E-state index contributed by atoms with van der Waals surface area (Å²) in [6.45, 7) is 0.313. The molecule has 3 heteroatoms. The van der Waals surface area contributed by atoms with Crippen molar-refractivity contribution in [2.45, 2.75) is 6.54 Å². The van der Waals surface area contributed by atoms with Gasteiger partial charge in [-0.3, -0.25) is 0 Å². The average molecular weight is 281 g/mol. The topological polar surface area (TPSA) is 35.2 Å². The Morgan fingerprint density at radius 1 is 0.952 bits per heavy atom. The standard InChI is InChI=1S/C18H16FNO/c1-21-17-6-4-12-8-14(3-2-13(12)10-17)18-7-5-16(19)9-15(18)11-20/h2-10H,11,20H2,1H3. The largest absolute Gasteiger partial charge is 0.497 e. The zero-order valence-electron chi connectivity index (χ0n) is 11.8. The molecule has 0 saturated heterocycles. The fourth-order valence-corrected chi connectivity index (χ4v) is 2.53. The summed E-state index contributed by atoms with van der Waals surface area (Å²) in [5.41, 5.74) is 8.54. The van der Waals surface area contributed by atoms with Gasteiger partial charge >= 0.3 is 0 Å². The van der Waals surface area contributed by atoms with Crippen LogP contribution < -0.4 is 10.5 Å². The first-order valence-corrected chi connectivity index (χ1v) is 6.78. The van der Waals surface area contributed by atoms with Gasteiger partial charge in [-0.05, 0) is 57.8 Å². The Labute approximate surface area is 123 Å². The van der Waals surface area contributed by atoms with E-state index in [2.05, 4.69) is 6.07 Å². The Hall–Kier alpha value is -2.39. The van der Waals surface area contributed by atoms with Crippen LogP contribution in [0.25, 0.3) is 21.9 Å². The lowest BCUT2D eigenvalue weighted by Crippen LogP contribution is -1.99. The van der Waals surface area contributed by atoms with Crippen molar-refractivity contribution < 1.29 is 9.13 Å². The second-order valence-electron chi connectivity index (χ2n) is 4.93. The maximum atomic E-state index is 13.3. The van der Waals surface area contributed by atoms with Crippen molar-refractivity contribution in [3.05, 3.63) is 66.0 Å². The quantitative estimate of drug-likeness (QED) is 0.784. The minimum atomic E-state index is -0.260. The molecule has 106 valence electrons. The van der Waals surface area contributed by atoms with Crippen molar-refractivity contribution in [2.24, 2.45) is 5.73 Å². The summed E-state index contributed by atoms with van der Waals surface area (Å²) in [5, 5.41) is 2.22. The van der Waals surface area contributed by atoms with Crippen molar-refractivity contribution in [1.82, 2.24) is 0 Å². The van der Waals surface area contributed by atoms with Crippen LogP contribution in [0.5, 0.6) is 5.75 Å². The second kappa shape index (κ2) is 5.54. The third kappa shape index (κ3) is 2.60. The van der Waals surface area contributed by atoms with Gasteiger partial charge in [0, 0.05) is 6.54 Å². The molecule has 0 bridgehead atoms. The molecule has 0 spiro atoms. The van der Waals surface area contributed by atoms with Gasteiger partial charge in [0.1, 0.15) is 11.6 Å². The molecule has 0 aliphatic carbocycles. The highest BCUT2D eigenvalue weighted by molar-refractivity contribution is 5.88. The Balaban J connectivity index is 2.13. The average Bonchev–Trinajstić information content (AvgIpc) is 2.53. The minimum absolute atomic E-state index is 0.260. The van der Waals surface area contributed by atoms with Gasteiger partial charge in [-0.25, -0.2) is 4.39 Å². The molecule has 21 heavy (non-hydrogen) atoms. The molecule has 2 N–H and O–H groups in total. The monoisotopic (exact) mass is 281 g/mol. The van der Waals surface area contributed by atoms with E-state index >= 15 is 0 Å². The predicted molar refractivity (Wildman–Crippen MR) is 83.8 cm³/mol. The summed E-state index contributed by atoms with van der Waals surface area (Å²) in [6, 6.07) is 16.8. The molecule has 0 aromatic heterocycles. The maximum absolute atomic E-state index is 13.3. The van der Waals surface area contributed by atoms with E-state index in [1.165, 1.54) is 12.1 Å². The van der Waals surface area contributed by atoms with Crippen molar-refractivity contribution in [1.29, 1.82) is 0 Å². The fraction of sp³-hybridized carbons (Fsp3) is 0.111. The summed E-state index contributed by atoms with van der Waals surface area (Å²) < 4.78 is 18.5. The Kier molecular flexibility index (Phi) is 3.59. The van der Waals surface area contributed by atoms with E-state index in [-0.39, 0.29) is 5.82 Å². The first-order chi connectivity index (χ1) is 10.2. The van der Waals surface area contributed by atoms with Gasteiger partial charge < -0.3 is 10.5 Å². The van der Waals surface area contributed by atoms with Gasteiger partial charge in [-0.1, -0.05) is 24.3 Å². The van der Waals surface area contributed by atoms with Gasteiger partial charge in [0.25, 0.3) is 0 Å². The van der Waals surface area contributed by atoms with E-state index < -0.39 is 0 Å². The number of nitrogens with two attached hydrogens (primary N) is 1. The molecule has 0 fully saturated rings. The minimum Gasteiger partial charge on any atom is -0.497 e. The summed E-state index contributed by atoms with van der Waals surface area (Å²) in [6.07, 6.45) is 0. The normalized spacial score (nSPS) is 10.8. The fourth-order valence-electron chi connectivity index (χ4n) is 2.53. The van der Waals surface area contributed by atoms with Crippen molar-refractivity contribution in [3.63, 3.8) is 0 Å². The molecular formula is C18H16FNO. The second-order valence-corrected chi connectivity index (χ2v) is 4.93. The molecule has 3 rings (SSSR count). The first kappa shape index (κ1) is 13.6. The van der Waals surface area contributed by atoms with Gasteiger partial charge in [0.15, 0.2) is 0 Å². The number of methoxy groups -OCH3 is 1. The van der Waals surface area contributed by atoms with E-state index in [0.29, 0.717) is 6.54 Å². The van der Waals surface area contributed by atoms with E-state index in [9.17, 15) is 4.39 Å². The molecule has 0 unspecified atom stereocenters. The zero-order valence-corrected chi connectivity index (χ0v) is 11.8. The molecule has 0 radical (unpaired) electrons. The lowest BCUT2D eigenvalue weighted by atomic mass is 9.97. The van der Waals surface area contributed by atoms with Crippen LogP contribution in [0.2, 0.25) is 0 Å². The summed E-state index contributed by atoms with van der Waals surface area (Å²) in [5.74, 6) is 0.574. The Morgan fingerprint density at radius 3 is 2.48 bits per heavy atom. The number of halogens is 1. The molecule has 3 aromatic carbocycles.